The van der Waals surface area contributed by atoms with Crippen LogP contribution in [0.4, 0.5) is 0 Å². The van der Waals surface area contributed by atoms with Gasteiger partial charge in [0.25, 0.3) is 0 Å². The van der Waals surface area contributed by atoms with Crippen molar-refractivity contribution in [3.8, 4) is 0 Å². The molecule has 20 unspecified atom stereocenters. The molecule has 66 heavy (non-hydrogen) atoms. The van der Waals surface area contributed by atoms with E-state index in [4.69, 9.17) is 33.2 Å². The number of carbonyl (C=O) groups is 4. The van der Waals surface area contributed by atoms with Gasteiger partial charge in [-0.1, -0.05) is 60.1 Å². The van der Waals surface area contributed by atoms with E-state index in [1.807, 2.05) is 0 Å². The first-order valence-electron chi connectivity index (χ1n) is 23.6. The number of cyclic esters (lactones) is 1. The molecule has 0 bridgehead atoms. The molecule has 0 spiro atoms. The van der Waals surface area contributed by atoms with Crippen molar-refractivity contribution in [1.82, 2.24) is 0 Å². The first-order valence-corrected chi connectivity index (χ1v) is 23.6. The Morgan fingerprint density at radius 3 is 2.08 bits per heavy atom. The van der Waals surface area contributed by atoms with E-state index in [1.165, 1.54) is 5.57 Å². The van der Waals surface area contributed by atoms with Gasteiger partial charge >= 0.3 is 23.9 Å². The molecular formula is C47H70O19. The molecule has 19 nitrogen and oxygen atoms in total. The van der Waals surface area contributed by atoms with Crippen LogP contribution in [0.5, 0.6) is 0 Å². The largest absolute Gasteiger partial charge is 0.479 e. The number of ether oxygens (including phenoxy) is 7. The molecule has 0 radical (unpaired) electrons. The number of esters is 2. The van der Waals surface area contributed by atoms with E-state index >= 15 is 0 Å². The SMILES string of the molecule is CC1(C)CCC2(C(=O)OC3OC(CO)C(O)C(O)C3O)CCC3(C)C(=CCC4C5(C)CCC(OC6OC(C(=O)O)C(O)C(OC7OCC(=O)OC7C(=O)O)C6O)C(C)(C)C5CCC43C)C2C1. The number of aliphatic hydroxyl groups excluding tert-OH is 6. The normalized spacial score (nSPS) is 49.7. The quantitative estimate of drug-likeness (QED) is 0.0929. The molecule has 5 aliphatic carbocycles. The minimum absolute atomic E-state index is 0.0792. The number of fused-ring (bicyclic) bond motifs is 7. The van der Waals surface area contributed by atoms with Crippen molar-refractivity contribution < 1.29 is 93.2 Å². The number of carbonyl (C=O) groups excluding carboxylic acids is 2. The van der Waals surface area contributed by atoms with Crippen molar-refractivity contribution >= 4 is 23.9 Å². The second-order valence-corrected chi connectivity index (χ2v) is 22.7. The highest BCUT2D eigenvalue weighted by Gasteiger charge is 2.70. The lowest BCUT2D eigenvalue weighted by atomic mass is 9.33. The Bertz CT molecular complexity index is 1940. The highest BCUT2D eigenvalue weighted by Crippen LogP contribution is 2.76. The summed E-state index contributed by atoms with van der Waals surface area (Å²) in [7, 11) is 0. The first kappa shape index (κ1) is 49.6. The third-order valence-corrected chi connectivity index (χ3v) is 18.5. The topological polar surface area (TPSA) is 295 Å². The average molecular weight is 939 g/mol. The zero-order valence-corrected chi connectivity index (χ0v) is 38.9. The molecule has 19 heteroatoms. The highest BCUT2D eigenvalue weighted by atomic mass is 16.8. The summed E-state index contributed by atoms with van der Waals surface area (Å²) in [4.78, 5) is 50.7. The van der Waals surface area contributed by atoms with Crippen molar-refractivity contribution in [2.45, 2.75) is 193 Å². The molecule has 8 N–H and O–H groups in total. The number of rotatable bonds is 9. The van der Waals surface area contributed by atoms with Gasteiger partial charge in [-0.15, -0.1) is 0 Å². The van der Waals surface area contributed by atoms with Gasteiger partial charge in [-0.05, 0) is 109 Å². The summed E-state index contributed by atoms with van der Waals surface area (Å²) < 4.78 is 39.7. The van der Waals surface area contributed by atoms with Crippen LogP contribution < -0.4 is 0 Å². The Morgan fingerprint density at radius 2 is 1.41 bits per heavy atom. The molecule has 7 fully saturated rings. The minimum atomic E-state index is -1.98. The number of hydrogen-bond donors (Lipinski definition) is 8. The predicted molar refractivity (Wildman–Crippen MR) is 224 cm³/mol. The van der Waals surface area contributed by atoms with E-state index in [-0.39, 0.29) is 39.4 Å². The van der Waals surface area contributed by atoms with Crippen LogP contribution in [0.1, 0.15) is 113 Å². The van der Waals surface area contributed by atoms with Gasteiger partial charge in [0.1, 0.15) is 49.3 Å². The molecule has 3 saturated heterocycles. The molecule has 4 saturated carbocycles. The molecule has 8 rings (SSSR count). The van der Waals surface area contributed by atoms with Crippen LogP contribution >= 0.6 is 0 Å². The summed E-state index contributed by atoms with van der Waals surface area (Å²) in [6.07, 6.45) is -11.7. The van der Waals surface area contributed by atoms with Crippen LogP contribution in [0, 0.1) is 50.2 Å². The van der Waals surface area contributed by atoms with Gasteiger partial charge < -0.3 is 74.0 Å². The Morgan fingerprint density at radius 1 is 0.727 bits per heavy atom. The summed E-state index contributed by atoms with van der Waals surface area (Å²) in [5, 5.41) is 83.9. The number of carboxylic acid groups (broad SMARTS) is 2. The predicted octanol–water partition coefficient (Wildman–Crippen LogP) is 1.79. The fraction of sp³-hybridized carbons (Fsp3) is 0.872. The van der Waals surface area contributed by atoms with Crippen LogP contribution in [0.25, 0.3) is 0 Å². The number of allylic oxidation sites excluding steroid dienone is 2. The molecule has 0 aromatic heterocycles. The Kier molecular flexibility index (Phi) is 13.0. The molecule has 3 aliphatic heterocycles. The fourth-order valence-corrected chi connectivity index (χ4v) is 14.6. The number of aliphatic carboxylic acids is 2. The van der Waals surface area contributed by atoms with E-state index in [0.717, 1.165) is 38.5 Å². The zero-order chi connectivity index (χ0) is 48.3. The van der Waals surface area contributed by atoms with E-state index in [0.29, 0.717) is 25.7 Å². The Balaban J connectivity index is 1.03. The molecule has 8 aliphatic rings. The van der Waals surface area contributed by atoms with Crippen molar-refractivity contribution in [3.05, 3.63) is 11.6 Å². The lowest BCUT2D eigenvalue weighted by Crippen LogP contribution is -2.67. The van der Waals surface area contributed by atoms with Crippen molar-refractivity contribution in [1.29, 1.82) is 0 Å². The number of aliphatic hydroxyl groups is 6. The first-order chi connectivity index (χ1) is 30.8. The standard InChI is InChI=1S/C47H70O19/c1-42(2)14-16-47(41(59)66-38-30(52)29(51)28(50)23(19-48)61-38)17-15-45(6)21(22(47)18-42)8-9-25-44(5)12-11-26(43(3,4)24(44)10-13-46(25,45)7)62-39-32(54)33(31(53)34(65-39)36(55)56)64-40-35(37(57)58)63-27(49)20-60-40/h8,22-26,28-35,38-40,48,50-54H,9-20H2,1-7H3,(H,55,56)(H,57,58). The van der Waals surface area contributed by atoms with E-state index in [2.05, 4.69) is 54.5 Å². The molecular weight excluding hydrogens is 868 g/mol. The lowest BCUT2D eigenvalue weighted by Gasteiger charge is -2.71. The summed E-state index contributed by atoms with van der Waals surface area (Å²) in [5.74, 6) is -4.49. The van der Waals surface area contributed by atoms with E-state index < -0.39 is 128 Å². The van der Waals surface area contributed by atoms with Crippen LogP contribution in [0.2, 0.25) is 0 Å². The third kappa shape index (κ3) is 7.74. The second kappa shape index (κ2) is 17.2. The Labute approximate surface area is 384 Å². The van der Waals surface area contributed by atoms with Crippen molar-refractivity contribution in [3.63, 3.8) is 0 Å². The number of hydrogen-bond acceptors (Lipinski definition) is 17. The maximum Gasteiger partial charge on any atom is 0.350 e. The van der Waals surface area contributed by atoms with Gasteiger partial charge in [-0.2, -0.15) is 0 Å². The average Bonchev–Trinajstić information content (AvgIpc) is 3.24. The molecule has 20 atom stereocenters. The molecule has 0 amide bonds. The molecule has 372 valence electrons. The van der Waals surface area contributed by atoms with Gasteiger partial charge in [-0.3, -0.25) is 4.79 Å². The van der Waals surface area contributed by atoms with Gasteiger partial charge in [0, 0.05) is 0 Å². The molecule has 0 aromatic carbocycles. The van der Waals surface area contributed by atoms with Crippen LogP contribution in [0.15, 0.2) is 11.6 Å². The lowest BCUT2D eigenvalue weighted by molar-refractivity contribution is -0.349. The van der Waals surface area contributed by atoms with Crippen molar-refractivity contribution in [2.24, 2.45) is 50.2 Å². The molecule has 3 heterocycles. The van der Waals surface area contributed by atoms with E-state index in [9.17, 15) is 60.0 Å². The highest BCUT2D eigenvalue weighted by molar-refractivity contribution is 5.80. The second-order valence-electron chi connectivity index (χ2n) is 22.7. The maximum absolute atomic E-state index is 14.7. The van der Waals surface area contributed by atoms with E-state index in [1.54, 1.807) is 0 Å². The van der Waals surface area contributed by atoms with Gasteiger partial charge in [0.2, 0.25) is 18.7 Å². The summed E-state index contributed by atoms with van der Waals surface area (Å²) >= 11 is 0. The fourth-order valence-electron chi connectivity index (χ4n) is 14.6. The molecule has 0 aromatic rings. The van der Waals surface area contributed by atoms with Crippen molar-refractivity contribution in [2.75, 3.05) is 13.2 Å². The Hall–Kier alpha value is -2.82. The maximum atomic E-state index is 14.7. The van der Waals surface area contributed by atoms with Crippen LogP contribution in [0.3, 0.4) is 0 Å². The summed E-state index contributed by atoms with van der Waals surface area (Å²) in [6.45, 7) is 14.5. The van der Waals surface area contributed by atoms with Crippen LogP contribution in [-0.2, 0) is 52.3 Å². The van der Waals surface area contributed by atoms with Gasteiger partial charge in [0.15, 0.2) is 12.4 Å². The third-order valence-electron chi connectivity index (χ3n) is 18.5. The summed E-state index contributed by atoms with van der Waals surface area (Å²) in [5.41, 5.74) is -0.984. The van der Waals surface area contributed by atoms with Gasteiger partial charge in [0.05, 0.1) is 18.1 Å². The zero-order valence-electron chi connectivity index (χ0n) is 38.9. The minimum Gasteiger partial charge on any atom is -0.479 e. The number of carboxylic acids is 2. The van der Waals surface area contributed by atoms with Gasteiger partial charge in [-0.25, -0.2) is 14.4 Å². The smallest absolute Gasteiger partial charge is 0.350 e. The van der Waals surface area contributed by atoms with Crippen LogP contribution in [-0.4, -0.2) is 158 Å². The monoisotopic (exact) mass is 938 g/mol. The summed E-state index contributed by atoms with van der Waals surface area (Å²) in [6, 6.07) is 0.